The first kappa shape index (κ1) is 21.2. The smallest absolute Gasteiger partial charge is 0.407 e. The summed E-state index contributed by atoms with van der Waals surface area (Å²) in [5, 5.41) is 2.68. The van der Waals surface area contributed by atoms with Gasteiger partial charge in [0.1, 0.15) is 5.60 Å². The fourth-order valence-corrected chi connectivity index (χ4v) is 3.05. The van der Waals surface area contributed by atoms with E-state index < -0.39 is 21.7 Å². The van der Waals surface area contributed by atoms with Crippen LogP contribution >= 0.6 is 0 Å². The van der Waals surface area contributed by atoms with Crippen molar-refractivity contribution in [1.29, 1.82) is 0 Å². The molecular weight excluding hydrogens is 342 g/mol. The molecule has 25 heavy (non-hydrogen) atoms. The van der Waals surface area contributed by atoms with Gasteiger partial charge >= 0.3 is 6.09 Å². The van der Waals surface area contributed by atoms with Crippen molar-refractivity contribution in [1.82, 2.24) is 10.0 Å². The van der Waals surface area contributed by atoms with Crippen molar-refractivity contribution in [2.75, 3.05) is 25.5 Å². The first-order chi connectivity index (χ1) is 11.4. The van der Waals surface area contributed by atoms with Crippen LogP contribution < -0.4 is 14.9 Å². The van der Waals surface area contributed by atoms with Gasteiger partial charge in [0.05, 0.1) is 4.90 Å². The maximum absolute atomic E-state index is 12.3. The van der Waals surface area contributed by atoms with Gasteiger partial charge in [-0.3, -0.25) is 0 Å². The van der Waals surface area contributed by atoms with Gasteiger partial charge in [0, 0.05) is 32.4 Å². The maximum Gasteiger partial charge on any atom is 0.407 e. The Morgan fingerprint density at radius 2 is 1.76 bits per heavy atom. The molecule has 0 aliphatic carbocycles. The normalized spacial score (nSPS) is 13.2. The summed E-state index contributed by atoms with van der Waals surface area (Å²) in [6, 6.07) is 6.43. The fourth-order valence-electron chi connectivity index (χ4n) is 2.00. The third-order valence-corrected chi connectivity index (χ3v) is 4.77. The van der Waals surface area contributed by atoms with E-state index in [2.05, 4.69) is 10.0 Å². The number of alkyl carbamates (subject to hydrolysis) is 1. The zero-order chi connectivity index (χ0) is 19.3. The van der Waals surface area contributed by atoms with Crippen molar-refractivity contribution in [3.63, 3.8) is 0 Å². The van der Waals surface area contributed by atoms with Gasteiger partial charge in [-0.25, -0.2) is 17.9 Å². The molecule has 0 aliphatic rings. The summed E-state index contributed by atoms with van der Waals surface area (Å²) >= 11 is 0. The van der Waals surface area contributed by atoms with E-state index in [1.807, 2.05) is 19.0 Å². The summed E-state index contributed by atoms with van der Waals surface area (Å²) in [5.74, 6) is 0. The Morgan fingerprint density at radius 1 is 1.20 bits per heavy atom. The van der Waals surface area contributed by atoms with Crippen LogP contribution in [0.25, 0.3) is 0 Å². The van der Waals surface area contributed by atoms with Gasteiger partial charge in [0.15, 0.2) is 0 Å². The van der Waals surface area contributed by atoms with E-state index in [0.717, 1.165) is 5.69 Å². The second kappa shape index (κ2) is 8.53. The lowest BCUT2D eigenvalue weighted by Gasteiger charge is -2.22. The number of rotatable bonds is 7. The predicted molar refractivity (Wildman–Crippen MR) is 99.4 cm³/mol. The largest absolute Gasteiger partial charge is 0.444 e. The molecule has 1 atom stereocenters. The average molecular weight is 372 g/mol. The predicted octanol–water partition coefficient (Wildman–Crippen LogP) is 2.33. The van der Waals surface area contributed by atoms with Crippen LogP contribution in [0.1, 0.15) is 34.1 Å². The second-order valence-electron chi connectivity index (χ2n) is 7.12. The number of ether oxygens (including phenoxy) is 1. The summed E-state index contributed by atoms with van der Waals surface area (Å²) in [6.07, 6.45) is -0.0593. The SMILES string of the molecule is C[C@H](CCNS(=O)(=O)c1ccc(N(C)C)cc1)NC(=O)OC(C)(C)C. The lowest BCUT2D eigenvalue weighted by atomic mass is 10.2. The topological polar surface area (TPSA) is 87.7 Å². The Hall–Kier alpha value is -1.80. The molecule has 0 spiro atoms. The number of carbonyl (C=O) groups excluding carboxylic acids is 1. The number of hydrogen-bond acceptors (Lipinski definition) is 5. The van der Waals surface area contributed by atoms with Crippen molar-refractivity contribution in [3.05, 3.63) is 24.3 Å². The summed E-state index contributed by atoms with van der Waals surface area (Å²) < 4.78 is 32.2. The van der Waals surface area contributed by atoms with Gasteiger partial charge < -0.3 is 15.0 Å². The molecule has 0 saturated heterocycles. The Labute approximate surface area is 150 Å². The summed E-state index contributed by atoms with van der Waals surface area (Å²) in [5.41, 5.74) is 0.360. The van der Waals surface area contributed by atoms with E-state index in [1.54, 1.807) is 52.0 Å². The lowest BCUT2D eigenvalue weighted by molar-refractivity contribution is 0.0507. The molecule has 0 bridgehead atoms. The van der Waals surface area contributed by atoms with Gasteiger partial charge in [0.2, 0.25) is 10.0 Å². The van der Waals surface area contributed by atoms with Gasteiger partial charge in [-0.15, -0.1) is 0 Å². The molecule has 0 unspecified atom stereocenters. The Bertz CT molecular complexity index is 664. The third-order valence-electron chi connectivity index (χ3n) is 3.30. The molecule has 7 nitrogen and oxygen atoms in total. The summed E-state index contributed by atoms with van der Waals surface area (Å²) in [4.78, 5) is 13.8. The number of hydrogen-bond donors (Lipinski definition) is 2. The minimum atomic E-state index is -3.57. The van der Waals surface area contributed by atoms with Gasteiger partial charge in [0.25, 0.3) is 0 Å². The molecule has 0 heterocycles. The third kappa shape index (κ3) is 7.74. The van der Waals surface area contributed by atoms with Crippen LogP contribution in [0.2, 0.25) is 0 Å². The van der Waals surface area contributed by atoms with Crippen LogP contribution in [0.4, 0.5) is 10.5 Å². The van der Waals surface area contributed by atoms with Crippen LogP contribution in [0.15, 0.2) is 29.2 Å². The molecule has 1 rings (SSSR count). The summed E-state index contributed by atoms with van der Waals surface area (Å²) in [7, 11) is 0.211. The molecule has 0 saturated carbocycles. The van der Waals surface area contributed by atoms with Gasteiger partial charge in [-0.2, -0.15) is 0 Å². The molecule has 0 radical (unpaired) electrons. The molecule has 0 fully saturated rings. The molecule has 1 aromatic rings. The first-order valence-electron chi connectivity index (χ1n) is 8.17. The Balaban J connectivity index is 2.49. The van der Waals surface area contributed by atoms with Crippen LogP contribution in [0.5, 0.6) is 0 Å². The highest BCUT2D eigenvalue weighted by atomic mass is 32.2. The van der Waals surface area contributed by atoms with E-state index in [1.165, 1.54) is 0 Å². The Kier molecular flexibility index (Phi) is 7.25. The zero-order valence-corrected chi connectivity index (χ0v) is 16.6. The molecule has 1 amide bonds. The molecule has 1 aromatic carbocycles. The molecular formula is C17H29N3O4S. The standard InChI is InChI=1S/C17H29N3O4S/c1-13(19-16(21)24-17(2,3)4)11-12-18-25(22,23)15-9-7-14(8-10-15)20(5)6/h7-10,13,18H,11-12H2,1-6H3,(H,19,21)/t13-/m1/s1. The van der Waals surface area contributed by atoms with Crippen LogP contribution in [-0.4, -0.2) is 46.8 Å². The average Bonchev–Trinajstić information content (AvgIpc) is 2.44. The van der Waals surface area contributed by atoms with Crippen LogP contribution in [0, 0.1) is 0 Å². The number of nitrogens with zero attached hydrogens (tertiary/aromatic N) is 1. The molecule has 0 aromatic heterocycles. The maximum atomic E-state index is 12.3. The van der Waals surface area contributed by atoms with E-state index in [4.69, 9.17) is 4.74 Å². The summed E-state index contributed by atoms with van der Waals surface area (Å²) in [6.45, 7) is 7.37. The van der Waals surface area contributed by atoms with Crippen molar-refractivity contribution in [3.8, 4) is 0 Å². The number of anilines is 1. The number of benzene rings is 1. The van der Waals surface area contributed by atoms with Gasteiger partial charge in [-0.1, -0.05) is 0 Å². The molecule has 142 valence electrons. The minimum absolute atomic E-state index is 0.214. The van der Waals surface area contributed by atoms with Crippen molar-refractivity contribution < 1.29 is 17.9 Å². The van der Waals surface area contributed by atoms with E-state index in [9.17, 15) is 13.2 Å². The lowest BCUT2D eigenvalue weighted by Crippen LogP contribution is -2.39. The van der Waals surface area contributed by atoms with E-state index in [-0.39, 0.29) is 17.5 Å². The monoisotopic (exact) mass is 371 g/mol. The van der Waals surface area contributed by atoms with Crippen molar-refractivity contribution in [2.45, 2.75) is 50.7 Å². The Morgan fingerprint density at radius 3 is 2.24 bits per heavy atom. The quantitative estimate of drug-likeness (QED) is 0.768. The fraction of sp³-hybridized carbons (Fsp3) is 0.588. The zero-order valence-electron chi connectivity index (χ0n) is 15.8. The second-order valence-corrected chi connectivity index (χ2v) is 8.89. The first-order valence-corrected chi connectivity index (χ1v) is 9.65. The molecule has 0 aliphatic heterocycles. The van der Waals surface area contributed by atoms with Crippen molar-refractivity contribution >= 4 is 21.8 Å². The van der Waals surface area contributed by atoms with Crippen LogP contribution in [0.3, 0.4) is 0 Å². The number of carbonyl (C=O) groups is 1. The highest BCUT2D eigenvalue weighted by Gasteiger charge is 2.18. The highest BCUT2D eigenvalue weighted by Crippen LogP contribution is 2.15. The molecule has 2 N–H and O–H groups in total. The van der Waals surface area contributed by atoms with E-state index in [0.29, 0.717) is 6.42 Å². The minimum Gasteiger partial charge on any atom is -0.444 e. The van der Waals surface area contributed by atoms with Crippen LogP contribution in [-0.2, 0) is 14.8 Å². The number of amides is 1. The molecule has 8 heteroatoms. The van der Waals surface area contributed by atoms with Crippen molar-refractivity contribution in [2.24, 2.45) is 0 Å². The highest BCUT2D eigenvalue weighted by molar-refractivity contribution is 7.89. The van der Waals surface area contributed by atoms with Gasteiger partial charge in [-0.05, 0) is 58.4 Å². The number of sulfonamides is 1. The van der Waals surface area contributed by atoms with E-state index >= 15 is 0 Å². The number of nitrogens with one attached hydrogen (secondary N) is 2.